The van der Waals surface area contributed by atoms with E-state index in [1.165, 1.54) is 11.8 Å². The first-order chi connectivity index (χ1) is 15.0. The minimum absolute atomic E-state index is 0.152. The van der Waals surface area contributed by atoms with Gasteiger partial charge < -0.3 is 14.6 Å². The summed E-state index contributed by atoms with van der Waals surface area (Å²) in [6.07, 6.45) is 0. The van der Waals surface area contributed by atoms with Crippen LogP contribution >= 0.6 is 35.0 Å². The summed E-state index contributed by atoms with van der Waals surface area (Å²) in [5, 5.41) is 14.6. The molecule has 0 bridgehead atoms. The minimum Gasteiger partial charge on any atom is -0.485 e. The molecule has 1 heterocycles. The molecule has 0 aliphatic heterocycles. The molecule has 4 rings (SSSR count). The quantitative estimate of drug-likeness (QED) is 0.355. The highest BCUT2D eigenvalue weighted by atomic mass is 35.5. The van der Waals surface area contributed by atoms with E-state index in [9.17, 15) is 4.79 Å². The number of halogens is 2. The van der Waals surface area contributed by atoms with Crippen molar-refractivity contribution in [1.29, 1.82) is 0 Å². The van der Waals surface area contributed by atoms with Crippen LogP contribution < -0.4 is 10.1 Å². The number of anilines is 1. The first-order valence-corrected chi connectivity index (χ1v) is 11.1. The van der Waals surface area contributed by atoms with Crippen molar-refractivity contribution in [1.82, 2.24) is 14.8 Å². The maximum absolute atomic E-state index is 12.3. The molecule has 1 N–H and O–H groups in total. The summed E-state index contributed by atoms with van der Waals surface area (Å²) >= 11 is 13.4. The Morgan fingerprint density at radius 3 is 2.71 bits per heavy atom. The molecule has 0 spiro atoms. The van der Waals surface area contributed by atoms with Crippen molar-refractivity contribution in [2.75, 3.05) is 11.1 Å². The number of amides is 1. The Morgan fingerprint density at radius 2 is 1.84 bits per heavy atom. The lowest BCUT2D eigenvalue weighted by atomic mass is 10.1. The molecule has 0 saturated carbocycles. The lowest BCUT2D eigenvalue weighted by molar-refractivity contribution is -0.113. The van der Waals surface area contributed by atoms with Crippen LogP contribution in [0.25, 0.3) is 10.8 Å². The molecule has 1 aromatic heterocycles. The number of nitrogens with one attached hydrogen (secondary N) is 1. The molecule has 1 amide bonds. The fourth-order valence-electron chi connectivity index (χ4n) is 2.98. The van der Waals surface area contributed by atoms with Gasteiger partial charge in [-0.05, 0) is 23.6 Å². The lowest BCUT2D eigenvalue weighted by Crippen LogP contribution is -2.15. The van der Waals surface area contributed by atoms with Crippen LogP contribution in [0, 0.1) is 0 Å². The molecule has 0 atom stereocenters. The maximum Gasteiger partial charge on any atom is 0.234 e. The van der Waals surface area contributed by atoms with Crippen LogP contribution in [0.3, 0.4) is 0 Å². The van der Waals surface area contributed by atoms with Gasteiger partial charge in [0.2, 0.25) is 5.91 Å². The number of benzene rings is 3. The number of carbonyl (C=O) groups excluding carboxylic acids is 1. The Morgan fingerprint density at radius 1 is 1.06 bits per heavy atom. The van der Waals surface area contributed by atoms with Crippen molar-refractivity contribution in [3.8, 4) is 5.75 Å². The highest BCUT2D eigenvalue weighted by Crippen LogP contribution is 2.30. The molecular weight excluding hydrogens is 455 g/mol. The average molecular weight is 473 g/mol. The number of hydrogen-bond acceptors (Lipinski definition) is 5. The molecule has 3 aromatic carbocycles. The maximum atomic E-state index is 12.3. The van der Waals surface area contributed by atoms with Gasteiger partial charge in [-0.3, -0.25) is 4.79 Å². The number of ether oxygens (including phenoxy) is 1. The molecule has 0 aliphatic rings. The average Bonchev–Trinajstić information content (AvgIpc) is 3.13. The van der Waals surface area contributed by atoms with Crippen molar-refractivity contribution in [2.45, 2.75) is 11.8 Å². The van der Waals surface area contributed by atoms with Gasteiger partial charge in [-0.25, -0.2) is 0 Å². The van der Waals surface area contributed by atoms with Crippen molar-refractivity contribution >= 4 is 57.3 Å². The van der Waals surface area contributed by atoms with Crippen LogP contribution in [0.1, 0.15) is 5.82 Å². The zero-order valence-corrected chi connectivity index (χ0v) is 18.8. The van der Waals surface area contributed by atoms with Crippen LogP contribution in [0.4, 0.5) is 5.69 Å². The molecule has 4 aromatic rings. The Hall–Kier alpha value is -2.74. The molecule has 6 nitrogen and oxygen atoms in total. The van der Waals surface area contributed by atoms with E-state index < -0.39 is 0 Å². The van der Waals surface area contributed by atoms with Crippen LogP contribution in [0.15, 0.2) is 65.8 Å². The van der Waals surface area contributed by atoms with Gasteiger partial charge in [0, 0.05) is 12.4 Å². The van der Waals surface area contributed by atoms with Crippen LogP contribution in [0.2, 0.25) is 10.0 Å². The first kappa shape index (κ1) is 21.5. The molecule has 0 aliphatic carbocycles. The Kier molecular flexibility index (Phi) is 6.65. The second-order valence-electron chi connectivity index (χ2n) is 6.66. The summed E-state index contributed by atoms with van der Waals surface area (Å²) in [5.41, 5.74) is 0.474. The third kappa shape index (κ3) is 4.95. The summed E-state index contributed by atoms with van der Waals surface area (Å²) in [4.78, 5) is 12.3. The van der Waals surface area contributed by atoms with E-state index in [2.05, 4.69) is 15.5 Å². The van der Waals surface area contributed by atoms with E-state index in [-0.39, 0.29) is 18.3 Å². The normalized spacial score (nSPS) is 10.9. The Labute approximate surface area is 193 Å². The van der Waals surface area contributed by atoms with Gasteiger partial charge in [-0.2, -0.15) is 0 Å². The van der Waals surface area contributed by atoms with Gasteiger partial charge in [-0.15, -0.1) is 10.2 Å². The molecule has 0 unspecified atom stereocenters. The highest BCUT2D eigenvalue weighted by molar-refractivity contribution is 7.99. The second-order valence-corrected chi connectivity index (χ2v) is 8.39. The van der Waals surface area contributed by atoms with Gasteiger partial charge in [0.1, 0.15) is 12.4 Å². The van der Waals surface area contributed by atoms with Crippen LogP contribution in [-0.2, 0) is 18.4 Å². The monoisotopic (exact) mass is 472 g/mol. The first-order valence-electron chi connectivity index (χ1n) is 9.38. The van der Waals surface area contributed by atoms with E-state index in [0.29, 0.717) is 26.7 Å². The fourth-order valence-corrected chi connectivity index (χ4v) is 4.05. The largest absolute Gasteiger partial charge is 0.485 e. The topological polar surface area (TPSA) is 69.0 Å². The van der Waals surface area contributed by atoms with Crippen molar-refractivity contribution in [2.24, 2.45) is 7.05 Å². The predicted octanol–water partition coefficient (Wildman–Crippen LogP) is 5.58. The van der Waals surface area contributed by atoms with Gasteiger partial charge in [0.05, 0.1) is 21.5 Å². The Bertz CT molecular complexity index is 1240. The lowest BCUT2D eigenvalue weighted by Gasteiger charge is -2.09. The molecular formula is C22H18Cl2N4O2S. The third-order valence-electron chi connectivity index (χ3n) is 4.59. The smallest absolute Gasteiger partial charge is 0.234 e. The SMILES string of the molecule is Cn1c(COc2cccc3ccccc23)nnc1SCC(=O)Nc1cccc(Cl)c1Cl. The summed E-state index contributed by atoms with van der Waals surface area (Å²) < 4.78 is 7.80. The highest BCUT2D eigenvalue weighted by Gasteiger charge is 2.14. The van der Waals surface area contributed by atoms with Crippen LogP contribution in [-0.4, -0.2) is 26.4 Å². The summed E-state index contributed by atoms with van der Waals surface area (Å²) in [7, 11) is 1.84. The number of hydrogen-bond donors (Lipinski definition) is 1. The van der Waals surface area contributed by atoms with Gasteiger partial charge in [0.25, 0.3) is 0 Å². The molecule has 0 radical (unpaired) electrons. The summed E-state index contributed by atoms with van der Waals surface area (Å²) in [6, 6.07) is 19.1. The van der Waals surface area contributed by atoms with Crippen molar-refractivity contribution in [3.63, 3.8) is 0 Å². The molecule has 9 heteroatoms. The van der Waals surface area contributed by atoms with E-state index >= 15 is 0 Å². The van der Waals surface area contributed by atoms with Crippen molar-refractivity contribution in [3.05, 3.63) is 76.5 Å². The van der Waals surface area contributed by atoms with Gasteiger partial charge >= 0.3 is 0 Å². The molecule has 0 saturated heterocycles. The summed E-state index contributed by atoms with van der Waals surface area (Å²) in [6.45, 7) is 0.266. The molecule has 0 fully saturated rings. The zero-order chi connectivity index (χ0) is 21.8. The third-order valence-corrected chi connectivity index (χ3v) is 6.43. The number of aromatic nitrogens is 3. The predicted molar refractivity (Wildman–Crippen MR) is 125 cm³/mol. The van der Waals surface area contributed by atoms with Gasteiger partial charge in [0.15, 0.2) is 11.0 Å². The fraction of sp³-hybridized carbons (Fsp3) is 0.136. The van der Waals surface area contributed by atoms with Gasteiger partial charge in [-0.1, -0.05) is 77.4 Å². The number of nitrogens with zero attached hydrogens (tertiary/aromatic N) is 3. The minimum atomic E-state index is -0.217. The van der Waals surface area contributed by atoms with Crippen LogP contribution in [0.5, 0.6) is 5.75 Å². The number of carbonyl (C=O) groups is 1. The molecule has 31 heavy (non-hydrogen) atoms. The second kappa shape index (κ2) is 9.60. The van der Waals surface area contributed by atoms with E-state index in [4.69, 9.17) is 27.9 Å². The van der Waals surface area contributed by atoms with E-state index in [0.717, 1.165) is 16.5 Å². The standard InChI is InChI=1S/C22H18Cl2N4O2S/c1-28-19(12-30-18-11-4-7-14-6-2-3-8-15(14)18)26-27-22(28)31-13-20(29)25-17-10-5-9-16(23)21(17)24/h2-11H,12-13H2,1H3,(H,25,29). The number of rotatable bonds is 7. The van der Waals surface area contributed by atoms with E-state index in [1.807, 2.05) is 54.1 Å². The van der Waals surface area contributed by atoms with Crippen molar-refractivity contribution < 1.29 is 9.53 Å². The molecule has 158 valence electrons. The summed E-state index contributed by atoms with van der Waals surface area (Å²) in [5.74, 6) is 1.38. The number of fused-ring (bicyclic) bond motifs is 1. The number of thioether (sulfide) groups is 1. The Balaban J connectivity index is 1.37. The zero-order valence-electron chi connectivity index (χ0n) is 16.5. The van der Waals surface area contributed by atoms with E-state index in [1.54, 1.807) is 18.2 Å².